The maximum Gasteiger partial charge on any atom is 0.0203 e. The third kappa shape index (κ3) is 2.41. The normalized spacial score (nSPS) is 25.2. The number of hydrogen-bond acceptors (Lipinski definition) is 1. The molecule has 0 aromatic rings. The largest absolute Gasteiger partial charge is 0.172 e. The van der Waals surface area contributed by atoms with Gasteiger partial charge in [-0.2, -0.15) is 12.6 Å². The van der Waals surface area contributed by atoms with Crippen molar-refractivity contribution in [2.45, 2.75) is 38.4 Å². The summed E-state index contributed by atoms with van der Waals surface area (Å²) in [6, 6.07) is 0. The molecule has 0 amide bonds. The molecular formula is C11H18S. The number of thiol groups is 1. The molecule has 12 heavy (non-hydrogen) atoms. The Morgan fingerprint density at radius 3 is 3.00 bits per heavy atom. The van der Waals surface area contributed by atoms with Crippen LogP contribution >= 0.6 is 12.6 Å². The SMILES string of the molecule is CCCC1CC=CC=C1C(C)S. The zero-order valence-electron chi connectivity index (χ0n) is 7.96. The summed E-state index contributed by atoms with van der Waals surface area (Å²) >= 11 is 4.49. The standard InChI is InChI=1S/C11H18S/c1-3-6-10-7-4-5-8-11(10)9(2)12/h4-5,8-10,12H,3,6-7H2,1-2H3. The summed E-state index contributed by atoms with van der Waals surface area (Å²) < 4.78 is 0. The Hall–Kier alpha value is -0.170. The van der Waals surface area contributed by atoms with Crippen molar-refractivity contribution in [2.24, 2.45) is 5.92 Å². The highest BCUT2D eigenvalue weighted by Crippen LogP contribution is 2.29. The molecule has 0 radical (unpaired) electrons. The van der Waals surface area contributed by atoms with Crippen LogP contribution in [-0.2, 0) is 0 Å². The van der Waals surface area contributed by atoms with E-state index < -0.39 is 0 Å². The molecule has 0 saturated heterocycles. The van der Waals surface area contributed by atoms with Crippen LogP contribution in [-0.4, -0.2) is 5.25 Å². The second-order valence-corrected chi connectivity index (χ2v) is 4.27. The molecule has 0 saturated carbocycles. The maximum absolute atomic E-state index is 4.49. The highest BCUT2D eigenvalue weighted by Gasteiger charge is 2.16. The minimum absolute atomic E-state index is 0.423. The first-order valence-electron chi connectivity index (χ1n) is 4.80. The Morgan fingerprint density at radius 2 is 2.42 bits per heavy atom. The molecular weight excluding hydrogens is 164 g/mol. The molecule has 0 bridgehead atoms. The van der Waals surface area contributed by atoms with Crippen molar-refractivity contribution in [3.8, 4) is 0 Å². The summed E-state index contributed by atoms with van der Waals surface area (Å²) in [6.07, 6.45) is 10.5. The van der Waals surface area contributed by atoms with Crippen molar-refractivity contribution in [1.82, 2.24) is 0 Å². The molecule has 68 valence electrons. The molecule has 0 heterocycles. The summed E-state index contributed by atoms with van der Waals surface area (Å²) in [5, 5.41) is 0.423. The van der Waals surface area contributed by atoms with Crippen LogP contribution in [0.3, 0.4) is 0 Å². The Labute approximate surface area is 81.2 Å². The van der Waals surface area contributed by atoms with Crippen molar-refractivity contribution in [3.05, 3.63) is 23.8 Å². The second kappa shape index (κ2) is 4.76. The topological polar surface area (TPSA) is 0 Å². The predicted octanol–water partition coefficient (Wildman–Crippen LogP) is 3.61. The average Bonchev–Trinajstić information content (AvgIpc) is 2.05. The van der Waals surface area contributed by atoms with Gasteiger partial charge in [-0.15, -0.1) is 0 Å². The van der Waals surface area contributed by atoms with E-state index >= 15 is 0 Å². The smallest absolute Gasteiger partial charge is 0.0203 e. The van der Waals surface area contributed by atoms with Gasteiger partial charge >= 0.3 is 0 Å². The molecule has 2 unspecified atom stereocenters. The van der Waals surface area contributed by atoms with Crippen molar-refractivity contribution >= 4 is 12.6 Å². The molecule has 0 fully saturated rings. The van der Waals surface area contributed by atoms with E-state index in [-0.39, 0.29) is 0 Å². The Bertz CT molecular complexity index is 189. The highest BCUT2D eigenvalue weighted by atomic mass is 32.1. The molecule has 0 aliphatic heterocycles. The van der Waals surface area contributed by atoms with Crippen LogP contribution < -0.4 is 0 Å². The molecule has 2 atom stereocenters. The summed E-state index contributed by atoms with van der Waals surface area (Å²) in [7, 11) is 0. The summed E-state index contributed by atoms with van der Waals surface area (Å²) in [5.41, 5.74) is 1.52. The molecule has 1 heteroatoms. The first-order valence-corrected chi connectivity index (χ1v) is 5.32. The molecule has 0 aromatic heterocycles. The fourth-order valence-corrected chi connectivity index (χ4v) is 2.10. The highest BCUT2D eigenvalue weighted by molar-refractivity contribution is 7.81. The van der Waals surface area contributed by atoms with E-state index in [2.05, 4.69) is 44.7 Å². The van der Waals surface area contributed by atoms with Gasteiger partial charge in [-0.1, -0.05) is 37.1 Å². The van der Waals surface area contributed by atoms with E-state index in [1.165, 1.54) is 24.8 Å². The van der Waals surface area contributed by atoms with Gasteiger partial charge in [0, 0.05) is 5.25 Å². The van der Waals surface area contributed by atoms with E-state index in [9.17, 15) is 0 Å². The first kappa shape index (κ1) is 9.91. The van der Waals surface area contributed by atoms with Gasteiger partial charge in [-0.25, -0.2) is 0 Å². The lowest BCUT2D eigenvalue weighted by molar-refractivity contribution is 0.542. The predicted molar refractivity (Wildman–Crippen MR) is 58.7 cm³/mol. The molecule has 0 spiro atoms. The van der Waals surface area contributed by atoms with Crippen LogP contribution in [0.2, 0.25) is 0 Å². The van der Waals surface area contributed by atoms with Gasteiger partial charge in [0.15, 0.2) is 0 Å². The van der Waals surface area contributed by atoms with Crippen molar-refractivity contribution in [3.63, 3.8) is 0 Å². The molecule has 1 rings (SSSR count). The van der Waals surface area contributed by atoms with E-state index in [1.54, 1.807) is 0 Å². The molecule has 1 aliphatic carbocycles. The van der Waals surface area contributed by atoms with Crippen LogP contribution in [0.15, 0.2) is 23.8 Å². The van der Waals surface area contributed by atoms with Crippen LogP contribution in [0.25, 0.3) is 0 Å². The average molecular weight is 182 g/mol. The van der Waals surface area contributed by atoms with E-state index in [4.69, 9.17) is 0 Å². The number of allylic oxidation sites excluding steroid dienone is 3. The van der Waals surface area contributed by atoms with Crippen LogP contribution in [0.4, 0.5) is 0 Å². The van der Waals surface area contributed by atoms with Gasteiger partial charge in [0.25, 0.3) is 0 Å². The van der Waals surface area contributed by atoms with Gasteiger partial charge in [0.05, 0.1) is 0 Å². The third-order valence-electron chi connectivity index (χ3n) is 2.44. The molecule has 1 aliphatic rings. The number of hydrogen-bond donors (Lipinski definition) is 1. The van der Waals surface area contributed by atoms with Crippen LogP contribution in [0.5, 0.6) is 0 Å². The quantitative estimate of drug-likeness (QED) is 0.633. The van der Waals surface area contributed by atoms with E-state index in [0.717, 1.165) is 5.92 Å². The van der Waals surface area contributed by atoms with Gasteiger partial charge < -0.3 is 0 Å². The minimum Gasteiger partial charge on any atom is -0.172 e. The second-order valence-electron chi connectivity index (χ2n) is 3.49. The molecule has 0 N–H and O–H groups in total. The Balaban J connectivity index is 2.63. The Morgan fingerprint density at radius 1 is 1.67 bits per heavy atom. The van der Waals surface area contributed by atoms with E-state index in [1.807, 2.05) is 0 Å². The lowest BCUT2D eigenvalue weighted by Gasteiger charge is -2.23. The maximum atomic E-state index is 4.49. The molecule has 0 nitrogen and oxygen atoms in total. The zero-order chi connectivity index (χ0) is 8.97. The zero-order valence-corrected chi connectivity index (χ0v) is 8.85. The van der Waals surface area contributed by atoms with Gasteiger partial charge in [0.1, 0.15) is 0 Å². The fraction of sp³-hybridized carbons (Fsp3) is 0.636. The first-order chi connectivity index (χ1) is 5.75. The summed E-state index contributed by atoms with van der Waals surface area (Å²) in [6.45, 7) is 4.41. The lowest BCUT2D eigenvalue weighted by atomic mass is 9.86. The summed E-state index contributed by atoms with van der Waals surface area (Å²) in [4.78, 5) is 0. The van der Waals surface area contributed by atoms with Crippen molar-refractivity contribution in [1.29, 1.82) is 0 Å². The van der Waals surface area contributed by atoms with Crippen molar-refractivity contribution < 1.29 is 0 Å². The third-order valence-corrected chi connectivity index (χ3v) is 2.73. The number of rotatable bonds is 3. The summed E-state index contributed by atoms with van der Waals surface area (Å²) in [5.74, 6) is 0.757. The Kier molecular flexibility index (Phi) is 3.93. The van der Waals surface area contributed by atoms with Crippen LogP contribution in [0, 0.1) is 5.92 Å². The minimum atomic E-state index is 0.423. The lowest BCUT2D eigenvalue weighted by Crippen LogP contribution is -2.12. The van der Waals surface area contributed by atoms with Gasteiger partial charge in [-0.3, -0.25) is 0 Å². The molecule has 0 aromatic carbocycles. The van der Waals surface area contributed by atoms with Gasteiger partial charge in [-0.05, 0) is 25.7 Å². The van der Waals surface area contributed by atoms with E-state index in [0.29, 0.717) is 5.25 Å². The van der Waals surface area contributed by atoms with Crippen molar-refractivity contribution in [2.75, 3.05) is 0 Å². The van der Waals surface area contributed by atoms with Gasteiger partial charge in [0.2, 0.25) is 0 Å². The fourth-order valence-electron chi connectivity index (χ4n) is 1.81. The van der Waals surface area contributed by atoms with Crippen LogP contribution in [0.1, 0.15) is 33.1 Å². The monoisotopic (exact) mass is 182 g/mol.